The third-order valence-electron chi connectivity index (χ3n) is 4.75. The Morgan fingerprint density at radius 2 is 1.90 bits per heavy atom. The number of rotatable bonds is 2. The molecular weight excluding hydrogens is 262 g/mol. The van der Waals surface area contributed by atoms with Gasteiger partial charge in [-0.1, -0.05) is 24.3 Å². The molecule has 114 valence electrons. The van der Waals surface area contributed by atoms with Gasteiger partial charge in [0.2, 0.25) is 5.91 Å². The fraction of sp³-hybridized carbons (Fsp3) is 0.588. The van der Waals surface area contributed by atoms with E-state index in [9.17, 15) is 4.79 Å². The average Bonchev–Trinajstić information content (AvgIpc) is 2.53. The number of nitrogens with zero attached hydrogens (tertiary/aromatic N) is 2. The van der Waals surface area contributed by atoms with Crippen LogP contribution in [0.25, 0.3) is 0 Å². The molecule has 1 unspecified atom stereocenters. The van der Waals surface area contributed by atoms with Crippen LogP contribution in [-0.4, -0.2) is 54.5 Å². The van der Waals surface area contributed by atoms with Crippen molar-refractivity contribution in [1.82, 2.24) is 15.1 Å². The number of hydrogen-bond donors (Lipinski definition) is 1. The summed E-state index contributed by atoms with van der Waals surface area (Å²) >= 11 is 0. The van der Waals surface area contributed by atoms with Crippen molar-refractivity contribution in [1.29, 1.82) is 0 Å². The van der Waals surface area contributed by atoms with Crippen molar-refractivity contribution in [3.05, 3.63) is 35.4 Å². The number of carbonyl (C=O) groups is 1. The number of amides is 1. The molecule has 0 bridgehead atoms. The summed E-state index contributed by atoms with van der Waals surface area (Å²) in [6, 6.07) is 8.90. The SMILES string of the molecule is CC(C)N1CCN(C(=O)C2CNCc3ccccc32)CC1. The molecule has 2 heterocycles. The lowest BCUT2D eigenvalue weighted by molar-refractivity contribution is -0.134. The number of carbonyl (C=O) groups excluding carboxylic acids is 1. The van der Waals surface area contributed by atoms with Crippen LogP contribution < -0.4 is 5.32 Å². The Morgan fingerprint density at radius 1 is 1.19 bits per heavy atom. The number of hydrogen-bond acceptors (Lipinski definition) is 3. The highest BCUT2D eigenvalue weighted by Crippen LogP contribution is 2.26. The van der Waals surface area contributed by atoms with Gasteiger partial charge in [-0.05, 0) is 25.0 Å². The topological polar surface area (TPSA) is 35.6 Å². The Balaban J connectivity index is 1.70. The normalized spacial score (nSPS) is 23.2. The highest BCUT2D eigenvalue weighted by molar-refractivity contribution is 5.85. The van der Waals surface area contributed by atoms with E-state index in [0.717, 1.165) is 39.3 Å². The first-order valence-electron chi connectivity index (χ1n) is 7.98. The molecule has 0 saturated carbocycles. The van der Waals surface area contributed by atoms with Gasteiger partial charge in [0.1, 0.15) is 0 Å². The molecule has 0 spiro atoms. The Labute approximate surface area is 127 Å². The Bertz CT molecular complexity index is 507. The summed E-state index contributed by atoms with van der Waals surface area (Å²) in [6.45, 7) is 9.78. The van der Waals surface area contributed by atoms with E-state index in [4.69, 9.17) is 0 Å². The Morgan fingerprint density at radius 3 is 2.62 bits per heavy atom. The van der Waals surface area contributed by atoms with Gasteiger partial charge in [-0.3, -0.25) is 9.69 Å². The molecule has 2 aliphatic rings. The zero-order valence-electron chi connectivity index (χ0n) is 13.0. The van der Waals surface area contributed by atoms with Crippen molar-refractivity contribution in [3.63, 3.8) is 0 Å². The lowest BCUT2D eigenvalue weighted by atomic mass is 9.89. The van der Waals surface area contributed by atoms with Crippen LogP contribution in [0.3, 0.4) is 0 Å². The second-order valence-corrected chi connectivity index (χ2v) is 6.34. The number of nitrogens with one attached hydrogen (secondary N) is 1. The first kappa shape index (κ1) is 14.5. The van der Waals surface area contributed by atoms with E-state index < -0.39 is 0 Å². The van der Waals surface area contributed by atoms with Crippen LogP contribution in [-0.2, 0) is 11.3 Å². The van der Waals surface area contributed by atoms with Crippen molar-refractivity contribution in [3.8, 4) is 0 Å². The van der Waals surface area contributed by atoms with E-state index in [1.54, 1.807) is 0 Å². The first-order chi connectivity index (χ1) is 10.2. The van der Waals surface area contributed by atoms with E-state index in [-0.39, 0.29) is 11.8 Å². The third kappa shape index (κ3) is 2.97. The van der Waals surface area contributed by atoms with Gasteiger partial charge >= 0.3 is 0 Å². The van der Waals surface area contributed by atoms with E-state index in [2.05, 4.69) is 42.3 Å². The summed E-state index contributed by atoms with van der Waals surface area (Å²) in [5.41, 5.74) is 2.48. The fourth-order valence-electron chi connectivity index (χ4n) is 3.40. The van der Waals surface area contributed by atoms with Crippen LogP contribution in [0.2, 0.25) is 0 Å². The molecule has 1 fully saturated rings. The molecule has 1 aromatic rings. The molecule has 21 heavy (non-hydrogen) atoms. The van der Waals surface area contributed by atoms with Crippen LogP contribution >= 0.6 is 0 Å². The lowest BCUT2D eigenvalue weighted by Crippen LogP contribution is -2.52. The molecule has 1 amide bonds. The molecule has 1 saturated heterocycles. The molecule has 2 aliphatic heterocycles. The molecule has 1 aromatic carbocycles. The predicted molar refractivity (Wildman–Crippen MR) is 84.2 cm³/mol. The largest absolute Gasteiger partial charge is 0.340 e. The number of piperazine rings is 1. The third-order valence-corrected chi connectivity index (χ3v) is 4.75. The van der Waals surface area contributed by atoms with Crippen LogP contribution in [0, 0.1) is 0 Å². The first-order valence-corrected chi connectivity index (χ1v) is 7.98. The van der Waals surface area contributed by atoms with E-state index in [1.165, 1.54) is 11.1 Å². The van der Waals surface area contributed by atoms with Gasteiger partial charge in [0.15, 0.2) is 0 Å². The second kappa shape index (κ2) is 6.16. The summed E-state index contributed by atoms with van der Waals surface area (Å²) in [6.07, 6.45) is 0. The summed E-state index contributed by atoms with van der Waals surface area (Å²) in [4.78, 5) is 17.4. The molecule has 0 radical (unpaired) electrons. The van der Waals surface area contributed by atoms with Gasteiger partial charge in [0, 0.05) is 45.3 Å². The highest BCUT2D eigenvalue weighted by Gasteiger charge is 2.31. The molecule has 0 aliphatic carbocycles. The molecule has 3 rings (SSSR count). The molecule has 1 N–H and O–H groups in total. The standard InChI is InChI=1S/C17H25N3O/c1-13(2)19-7-9-20(10-8-19)17(21)16-12-18-11-14-5-3-4-6-15(14)16/h3-6,13,16,18H,7-12H2,1-2H3. The van der Waals surface area contributed by atoms with Gasteiger partial charge in [-0.25, -0.2) is 0 Å². The summed E-state index contributed by atoms with van der Waals surface area (Å²) in [5.74, 6) is 0.276. The van der Waals surface area contributed by atoms with E-state index in [0.29, 0.717) is 6.04 Å². The zero-order chi connectivity index (χ0) is 14.8. The van der Waals surface area contributed by atoms with Gasteiger partial charge in [0.25, 0.3) is 0 Å². The van der Waals surface area contributed by atoms with Gasteiger partial charge < -0.3 is 10.2 Å². The predicted octanol–water partition coefficient (Wildman–Crippen LogP) is 1.43. The van der Waals surface area contributed by atoms with E-state index in [1.807, 2.05) is 11.0 Å². The maximum atomic E-state index is 12.9. The van der Waals surface area contributed by atoms with Crippen molar-refractivity contribution in [2.24, 2.45) is 0 Å². The molecule has 4 heteroatoms. The summed E-state index contributed by atoms with van der Waals surface area (Å²) in [7, 11) is 0. The molecular formula is C17H25N3O. The summed E-state index contributed by atoms with van der Waals surface area (Å²) < 4.78 is 0. The average molecular weight is 287 g/mol. The van der Waals surface area contributed by atoms with Crippen LogP contribution in [0.1, 0.15) is 30.9 Å². The minimum absolute atomic E-state index is 0.0134. The van der Waals surface area contributed by atoms with Gasteiger partial charge in [0.05, 0.1) is 5.92 Å². The van der Waals surface area contributed by atoms with Crippen molar-refractivity contribution >= 4 is 5.91 Å². The highest BCUT2D eigenvalue weighted by atomic mass is 16.2. The van der Waals surface area contributed by atoms with Crippen LogP contribution in [0.5, 0.6) is 0 Å². The number of benzene rings is 1. The second-order valence-electron chi connectivity index (χ2n) is 6.34. The molecule has 4 nitrogen and oxygen atoms in total. The Hall–Kier alpha value is -1.39. The zero-order valence-corrected chi connectivity index (χ0v) is 13.0. The minimum Gasteiger partial charge on any atom is -0.340 e. The van der Waals surface area contributed by atoms with Gasteiger partial charge in [-0.2, -0.15) is 0 Å². The van der Waals surface area contributed by atoms with Crippen molar-refractivity contribution in [2.45, 2.75) is 32.4 Å². The van der Waals surface area contributed by atoms with Gasteiger partial charge in [-0.15, -0.1) is 0 Å². The maximum Gasteiger partial charge on any atom is 0.231 e. The lowest BCUT2D eigenvalue weighted by Gasteiger charge is -2.39. The monoisotopic (exact) mass is 287 g/mol. The Kier molecular flexibility index (Phi) is 4.27. The van der Waals surface area contributed by atoms with Crippen molar-refractivity contribution < 1.29 is 4.79 Å². The maximum absolute atomic E-state index is 12.9. The summed E-state index contributed by atoms with van der Waals surface area (Å²) in [5, 5.41) is 3.38. The smallest absolute Gasteiger partial charge is 0.231 e. The fourth-order valence-corrected chi connectivity index (χ4v) is 3.40. The molecule has 0 aromatic heterocycles. The number of fused-ring (bicyclic) bond motifs is 1. The van der Waals surface area contributed by atoms with Crippen LogP contribution in [0.4, 0.5) is 0 Å². The van der Waals surface area contributed by atoms with Crippen LogP contribution in [0.15, 0.2) is 24.3 Å². The van der Waals surface area contributed by atoms with E-state index >= 15 is 0 Å². The molecule has 1 atom stereocenters. The van der Waals surface area contributed by atoms with Crippen molar-refractivity contribution in [2.75, 3.05) is 32.7 Å². The minimum atomic E-state index is -0.0134. The quantitative estimate of drug-likeness (QED) is 0.894.